The maximum atomic E-state index is 14.7. The first kappa shape index (κ1) is 96.5. The summed E-state index contributed by atoms with van der Waals surface area (Å²) in [4.78, 5) is 76.3. The third-order valence-electron chi connectivity index (χ3n) is 24.6. The molecule has 0 saturated carbocycles. The third kappa shape index (κ3) is 23.2. The Labute approximate surface area is 750 Å². The average molecular weight is 1790 g/mol. The molecule has 22 nitrogen and oxygen atoms in total. The van der Waals surface area contributed by atoms with Gasteiger partial charge in [0.1, 0.15) is 41.4 Å². The summed E-state index contributed by atoms with van der Waals surface area (Å²) in [5.74, 6) is -0.0873. The van der Waals surface area contributed by atoms with Gasteiger partial charge in [-0.1, -0.05) is 117 Å². The van der Waals surface area contributed by atoms with Crippen LogP contribution in [0.2, 0.25) is 36.3 Å². The molecule has 0 aromatic heterocycles. The minimum Gasteiger partial charge on any atom is -0.493 e. The zero-order chi connectivity index (χ0) is 92.9. The van der Waals surface area contributed by atoms with Crippen molar-refractivity contribution in [2.45, 2.75) is 181 Å². The molecule has 0 bridgehead atoms. The second-order valence-corrected chi connectivity index (χ2v) is 45.2. The smallest absolute Gasteiger partial charge is 0.411 e. The number of carbonyl (C=O) groups is 5. The van der Waals surface area contributed by atoms with E-state index in [1.165, 1.54) is 68.8 Å². The van der Waals surface area contributed by atoms with Gasteiger partial charge in [0, 0.05) is 91.1 Å². The predicted octanol–water partition coefficient (Wildman–Crippen LogP) is 21.6. The van der Waals surface area contributed by atoms with Crippen LogP contribution in [0.15, 0.2) is 183 Å². The molecule has 0 spiro atoms. The fraction of sp³-hybridized carbons (Fsp3) is 0.370. The average Bonchev–Trinajstić information content (AvgIpc) is 1.14. The number of hydrogen-bond acceptors (Lipinski definition) is 17. The summed E-state index contributed by atoms with van der Waals surface area (Å²) in [6, 6.07) is 37.2. The van der Waals surface area contributed by atoms with Crippen LogP contribution in [-0.2, 0) is 13.6 Å². The molecule has 12 rings (SSSR count). The molecular formula is C100H120F4N8O14Si2. The second-order valence-electron chi connectivity index (χ2n) is 35.5. The fourth-order valence-electron chi connectivity index (χ4n) is 15.0. The molecular weight excluding hydrogens is 1670 g/mol. The number of benzene rings is 8. The van der Waals surface area contributed by atoms with Crippen molar-refractivity contribution in [1.29, 1.82) is 0 Å². The van der Waals surface area contributed by atoms with Gasteiger partial charge in [0.05, 0.1) is 93.9 Å². The first-order valence-corrected chi connectivity index (χ1v) is 49.1. The molecule has 0 fully saturated rings. The SMILES string of the molecule is C=CCOC(=O)Nc1cc(OCCCOc2cc(N)c(C(=O)N3C=C(c4ccc(F)cc4)C[C@H]3CC)cc2OC)c(C)cc1C(=O)N1C=C(c2ccc(F)cc2)C[C@H]1CO[Si](C)(C)C(C)(C)C.CC[C@@H]1CC(c2ccc(F)cc2)=CN1C(=O)c1cc(OC)c(OCCCOc2cc(N)c(C(=O)N3C=C(c4ccc(F)cc4)C[C@H]3CO[Si](C)(C)C(C)(C)C)cc2C)cc1N. The number of nitrogens with one attached hydrogen (secondary N) is 1. The highest BCUT2D eigenvalue weighted by atomic mass is 28.4. The molecule has 4 atom stereocenters. The van der Waals surface area contributed by atoms with Gasteiger partial charge in [-0.25, -0.2) is 22.4 Å². The maximum Gasteiger partial charge on any atom is 0.411 e. The van der Waals surface area contributed by atoms with Crippen molar-refractivity contribution in [2.75, 3.05) is 83.0 Å². The number of amides is 5. The number of aryl methyl sites for hydroxylation is 2. The van der Waals surface area contributed by atoms with Gasteiger partial charge in [-0.15, -0.1) is 0 Å². The van der Waals surface area contributed by atoms with E-state index < -0.39 is 22.7 Å². The molecule has 0 aliphatic carbocycles. The Morgan fingerprint density at radius 1 is 0.430 bits per heavy atom. The quantitative estimate of drug-likeness (QED) is 0.00978. The molecule has 8 aromatic carbocycles. The Kier molecular flexibility index (Phi) is 31.5. The van der Waals surface area contributed by atoms with Crippen LogP contribution in [0.5, 0.6) is 34.5 Å². The van der Waals surface area contributed by atoms with Crippen molar-refractivity contribution in [3.63, 3.8) is 0 Å². The molecule has 4 heterocycles. The summed E-state index contributed by atoms with van der Waals surface area (Å²) in [6.45, 7) is 34.6. The Morgan fingerprint density at radius 2 is 0.719 bits per heavy atom. The molecule has 28 heteroatoms. The summed E-state index contributed by atoms with van der Waals surface area (Å²) in [5, 5.41) is 2.66. The topological polar surface area (TPSA) is 271 Å². The Bertz CT molecular complexity index is 5500. The molecule has 8 aromatic rings. The van der Waals surface area contributed by atoms with E-state index in [1.54, 1.807) is 129 Å². The monoisotopic (exact) mass is 1790 g/mol. The number of carbonyl (C=O) groups excluding carboxylic acids is 5. The molecule has 0 radical (unpaired) electrons. The van der Waals surface area contributed by atoms with E-state index in [2.05, 4.69) is 79.6 Å². The molecule has 7 N–H and O–H groups in total. The fourth-order valence-corrected chi connectivity index (χ4v) is 17.0. The van der Waals surface area contributed by atoms with Crippen LogP contribution in [0.25, 0.3) is 22.3 Å². The Balaban J connectivity index is 0.000000249. The number of nitrogens with two attached hydrogens (primary N) is 3. The van der Waals surface area contributed by atoms with E-state index in [0.29, 0.717) is 109 Å². The van der Waals surface area contributed by atoms with Crippen molar-refractivity contribution in [2.24, 2.45) is 0 Å². The summed E-state index contributed by atoms with van der Waals surface area (Å²) in [7, 11) is -1.35. The minimum atomic E-state index is -2.21. The molecule has 128 heavy (non-hydrogen) atoms. The van der Waals surface area contributed by atoms with Gasteiger partial charge < -0.3 is 78.8 Å². The van der Waals surface area contributed by atoms with E-state index in [0.717, 1.165) is 56.5 Å². The van der Waals surface area contributed by atoms with E-state index >= 15 is 0 Å². The van der Waals surface area contributed by atoms with E-state index in [-0.39, 0.29) is 148 Å². The van der Waals surface area contributed by atoms with Crippen LogP contribution in [0.3, 0.4) is 0 Å². The van der Waals surface area contributed by atoms with Gasteiger partial charge in [-0.05, 0) is 217 Å². The number of ether oxygens (including phenoxy) is 7. The Hall–Kier alpha value is -12.1. The molecule has 0 unspecified atom stereocenters. The standard InChI is InChI=1S/C52H62F2N4O8Si.C48H58F2N4O6Si/c1-10-21-65-51(61)56-45-29-46(33(3)24-43(45)50(60)58-31-37(35-15-19-39(54)20-16-35)26-41(58)32-66-67(8,9)52(4,5)6)63-22-12-23-64-48-28-44(55)42(27-47(48)62-7)49(59)57-30-36(25-40(57)11-2)34-13-17-38(53)18-14-34;1-9-37-22-33(31-11-15-35(49)16-12-31)27-53(37)47(56)40-24-44(57-6)45(26-42(40)52)59-20-10-19-58-43-25-41(51)39(21-30(43)2)46(55)54-28-34(32-13-17-36(50)18-14-32)23-38(54)29-60-61(7,8)48(3,4)5/h10,13-20,24,27-31,40-41H,1,11-12,21-23,25-26,32,55H2,2-9H3,(H,56,61);11-18,21,24-28,37-38H,9-10,19-20,22-23,29,51-52H2,1-8H3/t40-,41+;37-,38+/m11/s1. The summed E-state index contributed by atoms with van der Waals surface area (Å²) in [5.41, 5.74) is 29.9. The van der Waals surface area contributed by atoms with Crippen molar-refractivity contribution < 1.29 is 83.5 Å². The van der Waals surface area contributed by atoms with Gasteiger partial charge >= 0.3 is 6.09 Å². The number of methoxy groups -OCH3 is 2. The number of hydrogen-bond donors (Lipinski definition) is 4. The third-order valence-corrected chi connectivity index (χ3v) is 33.6. The van der Waals surface area contributed by atoms with Crippen molar-refractivity contribution in [3.8, 4) is 34.5 Å². The molecule has 680 valence electrons. The van der Waals surface area contributed by atoms with Gasteiger partial charge in [0.2, 0.25) is 0 Å². The lowest BCUT2D eigenvalue weighted by molar-refractivity contribution is 0.0732. The second kappa shape index (κ2) is 41.8. The number of rotatable bonds is 33. The molecule has 5 amide bonds. The summed E-state index contributed by atoms with van der Waals surface area (Å²) in [6.07, 6.45) is 12.6. The van der Waals surface area contributed by atoms with Crippen LogP contribution >= 0.6 is 0 Å². The van der Waals surface area contributed by atoms with Crippen molar-refractivity contribution >= 4 is 91.4 Å². The van der Waals surface area contributed by atoms with Crippen LogP contribution in [0, 0.1) is 37.1 Å². The zero-order valence-corrected chi connectivity index (χ0v) is 78.1. The van der Waals surface area contributed by atoms with E-state index in [9.17, 15) is 41.5 Å². The highest BCUT2D eigenvalue weighted by Gasteiger charge is 2.43. The first-order chi connectivity index (χ1) is 60.7. The molecule has 4 aliphatic heterocycles. The van der Waals surface area contributed by atoms with Crippen LogP contribution in [0.1, 0.15) is 182 Å². The van der Waals surface area contributed by atoms with Gasteiger partial charge in [-0.3, -0.25) is 24.5 Å². The molecule has 0 saturated heterocycles. The van der Waals surface area contributed by atoms with E-state index in [1.807, 2.05) is 40.1 Å². The maximum absolute atomic E-state index is 14.7. The number of nitrogens with zero attached hydrogens (tertiary/aromatic N) is 4. The summed E-state index contributed by atoms with van der Waals surface area (Å²) < 4.78 is 109. The highest BCUT2D eigenvalue weighted by molar-refractivity contribution is 6.74. The van der Waals surface area contributed by atoms with Crippen LogP contribution < -0.4 is 50.9 Å². The van der Waals surface area contributed by atoms with Crippen molar-refractivity contribution in [3.05, 3.63) is 262 Å². The normalized spacial score (nSPS) is 16.3. The number of nitrogen functional groups attached to an aromatic ring is 3. The van der Waals surface area contributed by atoms with Gasteiger partial charge in [0.15, 0.2) is 39.6 Å². The lowest BCUT2D eigenvalue weighted by atomic mass is 10.0. The minimum absolute atomic E-state index is 0.00406. The predicted molar refractivity (Wildman–Crippen MR) is 501 cm³/mol. The lowest BCUT2D eigenvalue weighted by Crippen LogP contribution is -2.45. The van der Waals surface area contributed by atoms with Gasteiger partial charge in [-0.2, -0.15) is 0 Å². The Morgan fingerprint density at radius 3 is 1.04 bits per heavy atom. The highest BCUT2D eigenvalue weighted by Crippen LogP contribution is 2.45. The number of anilines is 4. The van der Waals surface area contributed by atoms with Gasteiger partial charge in [0.25, 0.3) is 23.6 Å². The largest absolute Gasteiger partial charge is 0.493 e. The zero-order valence-electron chi connectivity index (χ0n) is 76.1. The lowest BCUT2D eigenvalue weighted by Gasteiger charge is -2.38. The van der Waals surface area contributed by atoms with Crippen LogP contribution in [0.4, 0.5) is 45.1 Å². The van der Waals surface area contributed by atoms with E-state index in [4.69, 9.17) is 59.2 Å². The van der Waals surface area contributed by atoms with Crippen molar-refractivity contribution in [1.82, 2.24) is 19.6 Å². The first-order valence-electron chi connectivity index (χ1n) is 43.2. The molecule has 4 aliphatic rings. The number of halogens is 4. The van der Waals surface area contributed by atoms with Crippen LogP contribution in [-0.4, -0.2) is 151 Å². The summed E-state index contributed by atoms with van der Waals surface area (Å²) >= 11 is 0.